The minimum Gasteiger partial charge on any atom is -0.326 e. The third-order valence-corrected chi connectivity index (χ3v) is 4.31. The molecular weight excluding hydrogens is 251 g/mol. The zero-order valence-electron chi connectivity index (χ0n) is 10.9. The molecule has 4 heteroatoms. The fraction of sp³-hybridized carbons (Fsp3) is 0.571. The minimum atomic E-state index is -0.364. The highest BCUT2D eigenvalue weighted by molar-refractivity contribution is 6.30. The topological polar surface area (TPSA) is 29.3 Å². The lowest BCUT2D eigenvalue weighted by atomic mass is 9.92. The van der Waals surface area contributed by atoms with Crippen LogP contribution in [0.5, 0.6) is 0 Å². The van der Waals surface area contributed by atoms with Gasteiger partial charge in [0.2, 0.25) is 0 Å². The Balaban J connectivity index is 2.11. The number of halogens is 2. The predicted octanol–water partition coefficient (Wildman–Crippen LogP) is 3.21. The van der Waals surface area contributed by atoms with Gasteiger partial charge in [0.25, 0.3) is 0 Å². The molecule has 3 unspecified atom stereocenters. The van der Waals surface area contributed by atoms with Gasteiger partial charge in [0, 0.05) is 18.6 Å². The van der Waals surface area contributed by atoms with E-state index in [4.69, 9.17) is 17.3 Å². The number of hydrogen-bond acceptors (Lipinski definition) is 2. The van der Waals surface area contributed by atoms with Gasteiger partial charge < -0.3 is 5.73 Å². The molecule has 0 aliphatic carbocycles. The Kier molecular flexibility index (Phi) is 4.25. The predicted molar refractivity (Wildman–Crippen MR) is 73.2 cm³/mol. The van der Waals surface area contributed by atoms with Crippen molar-refractivity contribution < 1.29 is 4.39 Å². The fourth-order valence-electron chi connectivity index (χ4n) is 2.46. The maximum atomic E-state index is 13.2. The highest BCUT2D eigenvalue weighted by Gasteiger charge is 2.26. The van der Waals surface area contributed by atoms with E-state index < -0.39 is 0 Å². The van der Waals surface area contributed by atoms with Gasteiger partial charge in [0.15, 0.2) is 0 Å². The monoisotopic (exact) mass is 270 g/mol. The summed E-state index contributed by atoms with van der Waals surface area (Å²) in [5, 5.41) is 0.189. The van der Waals surface area contributed by atoms with Crippen LogP contribution in [0.3, 0.4) is 0 Å². The number of rotatable bonds is 2. The average molecular weight is 271 g/mol. The number of piperidine rings is 1. The first-order valence-corrected chi connectivity index (χ1v) is 6.81. The van der Waals surface area contributed by atoms with Crippen molar-refractivity contribution in [3.05, 3.63) is 34.6 Å². The van der Waals surface area contributed by atoms with Gasteiger partial charge in [0.05, 0.1) is 5.02 Å². The Bertz CT molecular complexity index is 424. The highest BCUT2D eigenvalue weighted by atomic mass is 35.5. The molecule has 1 saturated heterocycles. The zero-order chi connectivity index (χ0) is 13.3. The van der Waals surface area contributed by atoms with Crippen molar-refractivity contribution in [2.24, 2.45) is 11.7 Å². The Labute approximate surface area is 113 Å². The molecular formula is C14H20ClFN2. The average Bonchev–Trinajstić information content (AvgIpc) is 2.35. The summed E-state index contributed by atoms with van der Waals surface area (Å²) in [6.07, 6.45) is 1.11. The van der Waals surface area contributed by atoms with Crippen molar-refractivity contribution in [3.8, 4) is 0 Å². The first-order chi connectivity index (χ1) is 8.49. The van der Waals surface area contributed by atoms with Crippen molar-refractivity contribution in [2.75, 3.05) is 13.1 Å². The number of likely N-dealkylation sites (tertiary alicyclic amines) is 1. The highest BCUT2D eigenvalue weighted by Crippen LogP contribution is 2.28. The third-order valence-electron chi connectivity index (χ3n) is 4.02. The van der Waals surface area contributed by atoms with Crippen LogP contribution >= 0.6 is 11.6 Å². The van der Waals surface area contributed by atoms with Gasteiger partial charge in [-0.3, -0.25) is 4.90 Å². The Hall–Kier alpha value is -0.640. The Morgan fingerprint density at radius 2 is 2.22 bits per heavy atom. The van der Waals surface area contributed by atoms with Crippen LogP contribution in [0.2, 0.25) is 5.02 Å². The maximum absolute atomic E-state index is 13.2. The van der Waals surface area contributed by atoms with Crippen molar-refractivity contribution in [3.63, 3.8) is 0 Å². The zero-order valence-corrected chi connectivity index (χ0v) is 11.6. The van der Waals surface area contributed by atoms with E-state index in [1.54, 1.807) is 12.1 Å². The molecule has 2 N–H and O–H groups in total. The van der Waals surface area contributed by atoms with Gasteiger partial charge >= 0.3 is 0 Å². The fourth-order valence-corrected chi connectivity index (χ4v) is 2.65. The maximum Gasteiger partial charge on any atom is 0.141 e. The van der Waals surface area contributed by atoms with E-state index in [0.29, 0.717) is 5.92 Å². The van der Waals surface area contributed by atoms with Crippen LogP contribution in [0.4, 0.5) is 4.39 Å². The number of nitrogens with two attached hydrogens (primary N) is 1. The van der Waals surface area contributed by atoms with Crippen LogP contribution in [0.15, 0.2) is 18.2 Å². The second-order valence-electron chi connectivity index (χ2n) is 5.27. The van der Waals surface area contributed by atoms with E-state index in [1.807, 2.05) is 0 Å². The lowest BCUT2D eigenvalue weighted by Gasteiger charge is -2.38. The Morgan fingerprint density at radius 3 is 2.83 bits per heavy atom. The van der Waals surface area contributed by atoms with Gasteiger partial charge in [-0.15, -0.1) is 0 Å². The summed E-state index contributed by atoms with van der Waals surface area (Å²) < 4.78 is 13.2. The van der Waals surface area contributed by atoms with Crippen LogP contribution < -0.4 is 5.73 Å². The lowest BCUT2D eigenvalue weighted by Crippen LogP contribution is -2.48. The SMILES string of the molecule is CC1CCN(C(C)c2ccc(F)c(Cl)c2)CC1N. The molecule has 18 heavy (non-hydrogen) atoms. The normalized spacial score (nSPS) is 27.2. The number of benzene rings is 1. The van der Waals surface area contributed by atoms with Gasteiger partial charge in [-0.05, 0) is 43.5 Å². The molecule has 1 aliphatic heterocycles. The molecule has 2 nitrogen and oxygen atoms in total. The van der Waals surface area contributed by atoms with Crippen LogP contribution in [0.25, 0.3) is 0 Å². The molecule has 100 valence electrons. The van der Waals surface area contributed by atoms with E-state index in [0.717, 1.165) is 25.1 Å². The molecule has 0 amide bonds. The molecule has 1 aliphatic rings. The van der Waals surface area contributed by atoms with Crippen LogP contribution in [-0.4, -0.2) is 24.0 Å². The third kappa shape index (κ3) is 2.85. The van der Waals surface area contributed by atoms with E-state index in [1.165, 1.54) is 6.07 Å². The van der Waals surface area contributed by atoms with Gasteiger partial charge in [-0.25, -0.2) is 4.39 Å². The number of nitrogens with zero attached hydrogens (tertiary/aromatic N) is 1. The molecule has 0 spiro atoms. The van der Waals surface area contributed by atoms with E-state index >= 15 is 0 Å². The van der Waals surface area contributed by atoms with Gasteiger partial charge in [-0.1, -0.05) is 24.6 Å². The summed E-state index contributed by atoms with van der Waals surface area (Å²) in [5.41, 5.74) is 7.16. The summed E-state index contributed by atoms with van der Waals surface area (Å²) in [4.78, 5) is 2.34. The molecule has 0 saturated carbocycles. The molecule has 3 atom stereocenters. The standard InChI is InChI=1S/C14H20ClFN2/c1-9-5-6-18(8-14(9)17)10(2)11-3-4-13(16)12(15)7-11/h3-4,7,9-10,14H,5-6,8,17H2,1-2H3. The molecule has 1 fully saturated rings. The molecule has 0 aromatic heterocycles. The lowest BCUT2D eigenvalue weighted by molar-refractivity contribution is 0.128. The quantitative estimate of drug-likeness (QED) is 0.894. The van der Waals surface area contributed by atoms with Crippen molar-refractivity contribution in [1.29, 1.82) is 0 Å². The molecule has 1 aromatic rings. The summed E-state index contributed by atoms with van der Waals surface area (Å²) >= 11 is 5.83. The second kappa shape index (κ2) is 5.55. The van der Waals surface area contributed by atoms with E-state index in [9.17, 15) is 4.39 Å². The largest absolute Gasteiger partial charge is 0.326 e. The van der Waals surface area contributed by atoms with E-state index in [2.05, 4.69) is 18.7 Å². The first-order valence-electron chi connectivity index (χ1n) is 6.43. The smallest absolute Gasteiger partial charge is 0.141 e. The summed E-state index contributed by atoms with van der Waals surface area (Å²) in [6, 6.07) is 5.39. The van der Waals surface area contributed by atoms with Crippen molar-refractivity contribution >= 4 is 11.6 Å². The van der Waals surface area contributed by atoms with Crippen molar-refractivity contribution in [2.45, 2.75) is 32.4 Å². The molecule has 0 radical (unpaired) electrons. The summed E-state index contributed by atoms with van der Waals surface area (Å²) in [6.45, 7) is 6.23. The molecule has 1 heterocycles. The second-order valence-corrected chi connectivity index (χ2v) is 5.68. The first kappa shape index (κ1) is 13.8. The van der Waals surface area contributed by atoms with Crippen LogP contribution in [-0.2, 0) is 0 Å². The molecule has 0 bridgehead atoms. The minimum absolute atomic E-state index is 0.189. The van der Waals surface area contributed by atoms with Gasteiger partial charge in [0.1, 0.15) is 5.82 Å². The molecule has 1 aromatic carbocycles. The Morgan fingerprint density at radius 1 is 1.50 bits per heavy atom. The van der Waals surface area contributed by atoms with Crippen molar-refractivity contribution in [1.82, 2.24) is 4.90 Å². The van der Waals surface area contributed by atoms with E-state index in [-0.39, 0.29) is 22.9 Å². The molecule has 2 rings (SSSR count). The summed E-state index contributed by atoms with van der Waals surface area (Å²) in [5.74, 6) is 0.210. The summed E-state index contributed by atoms with van der Waals surface area (Å²) in [7, 11) is 0. The van der Waals surface area contributed by atoms with Gasteiger partial charge in [-0.2, -0.15) is 0 Å². The van der Waals surface area contributed by atoms with Crippen LogP contribution in [0.1, 0.15) is 31.9 Å². The number of hydrogen-bond donors (Lipinski definition) is 1. The van der Waals surface area contributed by atoms with Crippen LogP contribution in [0, 0.1) is 11.7 Å².